The molecule has 0 heterocycles. The average molecular weight is 321 g/mol. The van der Waals surface area contributed by atoms with Gasteiger partial charge in [-0.3, -0.25) is 9.59 Å². The van der Waals surface area contributed by atoms with Gasteiger partial charge >= 0.3 is 11.9 Å². The average Bonchev–Trinajstić information content (AvgIpc) is 2.39. The molecule has 8 heteroatoms. The van der Waals surface area contributed by atoms with Crippen molar-refractivity contribution in [3.05, 3.63) is 0 Å². The Hall–Kier alpha value is -1.22. The zero-order chi connectivity index (χ0) is 17.0. The Balaban J connectivity index is 4.20. The van der Waals surface area contributed by atoms with Gasteiger partial charge in [-0.1, -0.05) is 13.8 Å². The Labute approximate surface area is 130 Å². The van der Waals surface area contributed by atoms with Gasteiger partial charge in [-0.15, -0.1) is 0 Å². The minimum absolute atomic E-state index is 0.0492. The fourth-order valence-electron chi connectivity index (χ4n) is 1.49. The molecule has 22 heavy (non-hydrogen) atoms. The van der Waals surface area contributed by atoms with Gasteiger partial charge < -0.3 is 30.2 Å². The third kappa shape index (κ3) is 12.5. The van der Waals surface area contributed by atoms with Crippen LogP contribution in [-0.2, 0) is 23.8 Å². The van der Waals surface area contributed by atoms with E-state index in [1.54, 1.807) is 0 Å². The second-order valence-electron chi connectivity index (χ2n) is 5.66. The maximum absolute atomic E-state index is 10.4. The summed E-state index contributed by atoms with van der Waals surface area (Å²) in [5.74, 6) is -1.54. The van der Waals surface area contributed by atoms with E-state index < -0.39 is 17.5 Å². The molecule has 0 aromatic carbocycles. The zero-order valence-electron chi connectivity index (χ0n) is 13.2. The van der Waals surface area contributed by atoms with Crippen LogP contribution in [0.1, 0.15) is 26.7 Å². The summed E-state index contributed by atoms with van der Waals surface area (Å²) in [6.45, 7) is 4.97. The first-order valence-electron chi connectivity index (χ1n) is 7.21. The van der Waals surface area contributed by atoms with Gasteiger partial charge in [0.25, 0.3) is 0 Å². The van der Waals surface area contributed by atoms with Gasteiger partial charge in [0.2, 0.25) is 0 Å². The molecular formula is C14H27NO7. The Morgan fingerprint density at radius 2 is 1.36 bits per heavy atom. The van der Waals surface area contributed by atoms with Gasteiger partial charge in [-0.05, 0) is 5.92 Å². The number of hydrogen-bond donors (Lipinski definition) is 3. The molecule has 0 rings (SSSR count). The number of carboxylic acids is 2. The maximum Gasteiger partial charge on any atom is 0.305 e. The highest BCUT2D eigenvalue weighted by atomic mass is 16.5. The van der Waals surface area contributed by atoms with Crippen molar-refractivity contribution in [1.82, 2.24) is 0 Å². The molecule has 0 fully saturated rings. The predicted octanol–water partition coefficient (Wildman–Crippen LogP) is 0.339. The molecule has 0 aliphatic heterocycles. The van der Waals surface area contributed by atoms with Crippen LogP contribution in [0.15, 0.2) is 0 Å². The summed E-state index contributed by atoms with van der Waals surface area (Å²) in [4.78, 5) is 20.9. The third-order valence-electron chi connectivity index (χ3n) is 2.54. The van der Waals surface area contributed by atoms with E-state index in [1.165, 1.54) is 0 Å². The van der Waals surface area contributed by atoms with Gasteiger partial charge in [0.15, 0.2) is 0 Å². The molecule has 8 nitrogen and oxygen atoms in total. The number of ether oxygens (including phenoxy) is 3. The first-order valence-corrected chi connectivity index (χ1v) is 7.21. The Morgan fingerprint density at radius 1 is 0.955 bits per heavy atom. The second kappa shape index (κ2) is 11.4. The Bertz CT molecular complexity index is 311. The molecule has 4 N–H and O–H groups in total. The molecule has 0 aliphatic carbocycles. The van der Waals surface area contributed by atoms with E-state index in [2.05, 4.69) is 0 Å². The summed E-state index contributed by atoms with van der Waals surface area (Å²) < 4.78 is 16.0. The van der Waals surface area contributed by atoms with Crippen LogP contribution < -0.4 is 5.73 Å². The van der Waals surface area contributed by atoms with Gasteiger partial charge in [0, 0.05) is 6.61 Å². The Kier molecular flexibility index (Phi) is 10.7. The van der Waals surface area contributed by atoms with E-state index in [-0.39, 0.29) is 45.9 Å². The molecule has 0 bridgehead atoms. The summed E-state index contributed by atoms with van der Waals surface area (Å²) in [6, 6.07) is 0. The van der Waals surface area contributed by atoms with Crippen LogP contribution in [-0.4, -0.2) is 67.3 Å². The molecule has 0 aliphatic rings. The lowest BCUT2D eigenvalue weighted by molar-refractivity contribution is -0.139. The van der Waals surface area contributed by atoms with Crippen molar-refractivity contribution < 1.29 is 34.0 Å². The first kappa shape index (κ1) is 20.8. The first-order chi connectivity index (χ1) is 10.2. The molecule has 0 radical (unpaired) electrons. The standard InChI is InChI=1S/C14H27NO7/c1-11(2)7-22-10-14(15,8-20-5-3-12(16)17)9-21-6-4-13(18)19/h11H,3-10,15H2,1-2H3,(H,16,17)(H,18,19). The van der Waals surface area contributed by atoms with Gasteiger partial charge in [0.05, 0.1) is 51.4 Å². The molecular weight excluding hydrogens is 294 g/mol. The fraction of sp³-hybridized carbons (Fsp3) is 0.857. The number of hydrogen-bond acceptors (Lipinski definition) is 6. The smallest absolute Gasteiger partial charge is 0.305 e. The van der Waals surface area contributed by atoms with Crippen LogP contribution >= 0.6 is 0 Å². The van der Waals surface area contributed by atoms with Crippen molar-refractivity contribution in [1.29, 1.82) is 0 Å². The lowest BCUT2D eigenvalue weighted by Gasteiger charge is -2.29. The number of rotatable bonds is 14. The van der Waals surface area contributed by atoms with E-state index in [0.717, 1.165) is 0 Å². The number of carbonyl (C=O) groups is 2. The topological polar surface area (TPSA) is 128 Å². The summed E-state index contributed by atoms with van der Waals surface area (Å²) in [6.07, 6.45) is -0.217. The van der Waals surface area contributed by atoms with Gasteiger partial charge in [-0.2, -0.15) is 0 Å². The van der Waals surface area contributed by atoms with E-state index >= 15 is 0 Å². The number of nitrogens with two attached hydrogens (primary N) is 1. The maximum atomic E-state index is 10.4. The monoisotopic (exact) mass is 321 g/mol. The van der Waals surface area contributed by atoms with E-state index in [9.17, 15) is 9.59 Å². The van der Waals surface area contributed by atoms with Crippen molar-refractivity contribution in [3.8, 4) is 0 Å². The minimum Gasteiger partial charge on any atom is -0.481 e. The highest BCUT2D eigenvalue weighted by molar-refractivity contribution is 5.67. The van der Waals surface area contributed by atoms with Crippen molar-refractivity contribution in [2.24, 2.45) is 11.7 Å². The minimum atomic E-state index is -0.948. The normalized spacial score (nSPS) is 11.8. The molecule has 0 aromatic heterocycles. The summed E-state index contributed by atoms with van der Waals surface area (Å²) >= 11 is 0. The molecule has 0 spiro atoms. The molecule has 0 saturated heterocycles. The molecule has 0 aromatic rings. The zero-order valence-corrected chi connectivity index (χ0v) is 13.2. The predicted molar refractivity (Wildman–Crippen MR) is 78.7 cm³/mol. The van der Waals surface area contributed by atoms with Gasteiger partial charge in [0.1, 0.15) is 0 Å². The molecule has 0 saturated carbocycles. The van der Waals surface area contributed by atoms with E-state index in [1.807, 2.05) is 13.8 Å². The lowest BCUT2D eigenvalue weighted by Crippen LogP contribution is -2.53. The van der Waals surface area contributed by atoms with Crippen molar-refractivity contribution in [3.63, 3.8) is 0 Å². The largest absolute Gasteiger partial charge is 0.481 e. The highest BCUT2D eigenvalue weighted by Gasteiger charge is 2.27. The highest BCUT2D eigenvalue weighted by Crippen LogP contribution is 2.07. The van der Waals surface area contributed by atoms with E-state index in [4.69, 9.17) is 30.2 Å². The molecule has 0 amide bonds. The number of carboxylic acid groups (broad SMARTS) is 2. The third-order valence-corrected chi connectivity index (χ3v) is 2.54. The van der Waals surface area contributed by atoms with Crippen LogP contribution in [0.3, 0.4) is 0 Å². The van der Waals surface area contributed by atoms with Crippen LogP contribution in [0.4, 0.5) is 0 Å². The van der Waals surface area contributed by atoms with Crippen molar-refractivity contribution in [2.75, 3.05) is 39.6 Å². The Morgan fingerprint density at radius 3 is 1.73 bits per heavy atom. The van der Waals surface area contributed by atoms with Gasteiger partial charge in [-0.25, -0.2) is 0 Å². The fourth-order valence-corrected chi connectivity index (χ4v) is 1.49. The van der Waals surface area contributed by atoms with Crippen LogP contribution in [0.25, 0.3) is 0 Å². The number of aliphatic carboxylic acids is 2. The second-order valence-corrected chi connectivity index (χ2v) is 5.66. The quantitative estimate of drug-likeness (QED) is 0.391. The van der Waals surface area contributed by atoms with E-state index in [0.29, 0.717) is 12.5 Å². The molecule has 0 unspecified atom stereocenters. The van der Waals surface area contributed by atoms with Crippen LogP contribution in [0, 0.1) is 5.92 Å². The summed E-state index contributed by atoms with van der Waals surface area (Å²) in [7, 11) is 0. The van der Waals surface area contributed by atoms with Crippen molar-refractivity contribution >= 4 is 11.9 Å². The van der Waals surface area contributed by atoms with Crippen LogP contribution in [0.5, 0.6) is 0 Å². The lowest BCUT2D eigenvalue weighted by atomic mass is 10.1. The summed E-state index contributed by atoms with van der Waals surface area (Å²) in [5.41, 5.74) is 5.21. The SMILES string of the molecule is CC(C)COCC(N)(COCCC(=O)O)COCCC(=O)O. The molecule has 0 atom stereocenters. The molecule has 130 valence electrons. The van der Waals surface area contributed by atoms with Crippen LogP contribution in [0.2, 0.25) is 0 Å². The summed E-state index contributed by atoms with van der Waals surface area (Å²) in [5, 5.41) is 17.1. The van der Waals surface area contributed by atoms with Crippen molar-refractivity contribution in [2.45, 2.75) is 32.2 Å².